The van der Waals surface area contributed by atoms with Gasteiger partial charge in [-0.1, -0.05) is 43.6 Å². The topological polar surface area (TPSA) is 25.8 Å². The van der Waals surface area contributed by atoms with Crippen molar-refractivity contribution in [1.82, 2.24) is 9.97 Å². The van der Waals surface area contributed by atoms with Gasteiger partial charge in [-0.2, -0.15) is 0 Å². The van der Waals surface area contributed by atoms with Crippen molar-refractivity contribution >= 4 is 65.4 Å². The average Bonchev–Trinajstić information content (AvgIpc) is 2.56. The maximum atomic E-state index is 4.66. The van der Waals surface area contributed by atoms with Crippen molar-refractivity contribution in [3.63, 3.8) is 0 Å². The van der Waals surface area contributed by atoms with Gasteiger partial charge in [0.2, 0.25) is 0 Å². The van der Waals surface area contributed by atoms with E-state index in [1.165, 1.54) is 9.79 Å². The molecule has 2 aromatic heterocycles. The summed E-state index contributed by atoms with van der Waals surface area (Å²) in [5.41, 5.74) is 4.08. The van der Waals surface area contributed by atoms with E-state index in [0.717, 1.165) is 42.1 Å². The van der Waals surface area contributed by atoms with E-state index in [9.17, 15) is 0 Å². The highest BCUT2D eigenvalue weighted by Gasteiger charge is 2.11. The van der Waals surface area contributed by atoms with Crippen LogP contribution in [0.2, 0.25) is 0 Å². The first-order valence-corrected chi connectivity index (χ1v) is 10.2. The molecule has 124 valence electrons. The minimum Gasteiger partial charge on any atom is -0.253 e. The van der Waals surface area contributed by atoms with Crippen LogP contribution in [0.15, 0.2) is 67.3 Å². The van der Waals surface area contributed by atoms with E-state index in [1.54, 1.807) is 11.8 Å². The molecule has 0 bridgehead atoms. The number of aryl methyl sites for hydroxylation is 2. The lowest BCUT2D eigenvalue weighted by Gasteiger charge is -2.11. The minimum absolute atomic E-state index is 1.02. The van der Waals surface area contributed by atoms with Crippen LogP contribution in [0, 0.1) is 13.8 Å². The smallest absolute Gasteiger partial charge is 0.0717 e. The zero-order valence-corrected chi connectivity index (χ0v) is 17.7. The fraction of sp³-hybridized carbons (Fsp3) is 0.100. The molecular formula is C20H14Br2N2S. The van der Waals surface area contributed by atoms with Crippen LogP contribution >= 0.6 is 43.6 Å². The molecule has 0 spiro atoms. The van der Waals surface area contributed by atoms with Gasteiger partial charge in [0, 0.05) is 40.9 Å². The van der Waals surface area contributed by atoms with Crippen molar-refractivity contribution in [2.75, 3.05) is 0 Å². The van der Waals surface area contributed by atoms with Crippen LogP contribution in [0.5, 0.6) is 0 Å². The number of benzene rings is 2. The summed E-state index contributed by atoms with van der Waals surface area (Å²) in [4.78, 5) is 11.7. The third kappa shape index (κ3) is 3.46. The Morgan fingerprint density at radius 1 is 0.680 bits per heavy atom. The Morgan fingerprint density at radius 2 is 1.12 bits per heavy atom. The standard InChI is InChI=1S/C20H14Br2N2S/c1-11-7-19(15-9-13(21)3-5-17(15)23-11)25-20-8-12(2)24-18-6-4-14(22)10-16(18)20/h3-10H,1-2H3. The summed E-state index contributed by atoms with van der Waals surface area (Å²) in [6, 6.07) is 16.8. The second-order valence-electron chi connectivity index (χ2n) is 5.95. The SMILES string of the molecule is Cc1cc(Sc2cc(C)nc3ccc(Br)cc23)c2cc(Br)ccc2n1. The number of fused-ring (bicyclic) bond motifs is 2. The van der Waals surface area contributed by atoms with Crippen molar-refractivity contribution in [2.24, 2.45) is 0 Å². The first-order valence-electron chi connectivity index (χ1n) is 7.81. The van der Waals surface area contributed by atoms with Crippen LogP contribution in [0.4, 0.5) is 0 Å². The quantitative estimate of drug-likeness (QED) is 0.311. The molecule has 4 aromatic rings. The molecule has 4 rings (SSSR count). The van der Waals surface area contributed by atoms with E-state index in [1.807, 2.05) is 26.0 Å². The predicted molar refractivity (Wildman–Crippen MR) is 112 cm³/mol. The fourth-order valence-corrected chi connectivity index (χ4v) is 4.84. The normalized spacial score (nSPS) is 11.4. The number of halogens is 2. The Hall–Kier alpha value is -1.43. The third-order valence-electron chi connectivity index (χ3n) is 3.94. The predicted octanol–water partition coefficient (Wildman–Crippen LogP) is 7.08. The molecule has 2 nitrogen and oxygen atoms in total. The first-order chi connectivity index (χ1) is 12.0. The maximum Gasteiger partial charge on any atom is 0.0717 e. The molecule has 0 radical (unpaired) electrons. The number of pyridine rings is 2. The molecule has 0 aliphatic heterocycles. The van der Waals surface area contributed by atoms with Crippen molar-refractivity contribution in [3.05, 3.63) is 68.9 Å². The first kappa shape index (κ1) is 17.0. The number of aromatic nitrogens is 2. The molecule has 5 heteroatoms. The van der Waals surface area contributed by atoms with Crippen LogP contribution in [-0.2, 0) is 0 Å². The average molecular weight is 474 g/mol. The van der Waals surface area contributed by atoms with Gasteiger partial charge in [0.1, 0.15) is 0 Å². The summed E-state index contributed by atoms with van der Waals surface area (Å²) in [5.74, 6) is 0. The molecule has 25 heavy (non-hydrogen) atoms. The Balaban J connectivity index is 1.94. The summed E-state index contributed by atoms with van der Waals surface area (Å²) in [6.45, 7) is 4.08. The molecule has 0 aliphatic rings. The molecule has 0 saturated carbocycles. The largest absolute Gasteiger partial charge is 0.253 e. The molecular weight excluding hydrogens is 460 g/mol. The number of hydrogen-bond donors (Lipinski definition) is 0. The molecule has 0 amide bonds. The van der Waals surface area contributed by atoms with Crippen LogP contribution in [0.25, 0.3) is 21.8 Å². The Labute approximate surface area is 167 Å². The Bertz CT molecular complexity index is 1040. The van der Waals surface area contributed by atoms with Crippen molar-refractivity contribution in [2.45, 2.75) is 23.6 Å². The summed E-state index contributed by atoms with van der Waals surface area (Å²) >= 11 is 8.93. The zero-order chi connectivity index (χ0) is 17.6. The summed E-state index contributed by atoms with van der Waals surface area (Å²) in [7, 11) is 0. The Kier molecular flexibility index (Phi) is 4.56. The van der Waals surface area contributed by atoms with Gasteiger partial charge in [-0.15, -0.1) is 0 Å². The van der Waals surface area contributed by atoms with Crippen molar-refractivity contribution < 1.29 is 0 Å². The molecule has 0 N–H and O–H groups in total. The van der Waals surface area contributed by atoms with Crippen LogP contribution in [0.1, 0.15) is 11.4 Å². The highest BCUT2D eigenvalue weighted by atomic mass is 79.9. The van der Waals surface area contributed by atoms with E-state index in [2.05, 4.69) is 78.2 Å². The lowest BCUT2D eigenvalue weighted by molar-refractivity contribution is 1.21. The van der Waals surface area contributed by atoms with Gasteiger partial charge in [-0.05, 0) is 62.4 Å². The van der Waals surface area contributed by atoms with Gasteiger partial charge in [0.25, 0.3) is 0 Å². The van der Waals surface area contributed by atoms with Gasteiger partial charge < -0.3 is 0 Å². The van der Waals surface area contributed by atoms with Gasteiger partial charge >= 0.3 is 0 Å². The third-order valence-corrected chi connectivity index (χ3v) is 6.04. The Morgan fingerprint density at radius 3 is 1.56 bits per heavy atom. The molecule has 0 unspecified atom stereocenters. The lowest BCUT2D eigenvalue weighted by atomic mass is 10.2. The van der Waals surface area contributed by atoms with Crippen LogP contribution < -0.4 is 0 Å². The minimum atomic E-state index is 1.02. The zero-order valence-electron chi connectivity index (χ0n) is 13.7. The van der Waals surface area contributed by atoms with E-state index < -0.39 is 0 Å². The number of hydrogen-bond acceptors (Lipinski definition) is 3. The molecule has 0 aliphatic carbocycles. The van der Waals surface area contributed by atoms with E-state index in [0.29, 0.717) is 0 Å². The summed E-state index contributed by atoms with van der Waals surface area (Å²) in [5, 5.41) is 2.31. The lowest BCUT2D eigenvalue weighted by Crippen LogP contribution is -1.90. The fourth-order valence-electron chi connectivity index (χ4n) is 2.87. The van der Waals surface area contributed by atoms with Crippen LogP contribution in [-0.4, -0.2) is 9.97 Å². The molecule has 2 aromatic carbocycles. The monoisotopic (exact) mass is 472 g/mol. The van der Waals surface area contributed by atoms with Crippen molar-refractivity contribution in [1.29, 1.82) is 0 Å². The highest BCUT2D eigenvalue weighted by molar-refractivity contribution is 9.10. The highest BCUT2D eigenvalue weighted by Crippen LogP contribution is 2.38. The van der Waals surface area contributed by atoms with Crippen LogP contribution in [0.3, 0.4) is 0 Å². The molecule has 0 atom stereocenters. The van der Waals surface area contributed by atoms with E-state index >= 15 is 0 Å². The van der Waals surface area contributed by atoms with Gasteiger partial charge in [-0.3, -0.25) is 9.97 Å². The summed E-state index contributed by atoms with van der Waals surface area (Å²) in [6.07, 6.45) is 0. The second kappa shape index (κ2) is 6.71. The number of nitrogens with zero attached hydrogens (tertiary/aromatic N) is 2. The molecule has 2 heterocycles. The van der Waals surface area contributed by atoms with Gasteiger partial charge in [-0.25, -0.2) is 0 Å². The summed E-state index contributed by atoms with van der Waals surface area (Å²) < 4.78 is 2.12. The van der Waals surface area contributed by atoms with E-state index in [4.69, 9.17) is 0 Å². The second-order valence-corrected chi connectivity index (χ2v) is 8.86. The maximum absolute atomic E-state index is 4.66. The van der Waals surface area contributed by atoms with E-state index in [-0.39, 0.29) is 0 Å². The van der Waals surface area contributed by atoms with Gasteiger partial charge in [0.05, 0.1) is 11.0 Å². The van der Waals surface area contributed by atoms with Crippen molar-refractivity contribution in [3.8, 4) is 0 Å². The molecule has 0 saturated heterocycles. The number of rotatable bonds is 2. The van der Waals surface area contributed by atoms with Gasteiger partial charge in [0.15, 0.2) is 0 Å². The molecule has 0 fully saturated rings.